The highest BCUT2D eigenvalue weighted by atomic mass is 32.2. The number of rotatable bonds is 8. The van der Waals surface area contributed by atoms with Crippen LogP contribution in [-0.4, -0.2) is 82.0 Å². The van der Waals surface area contributed by atoms with Gasteiger partial charge in [0.1, 0.15) is 6.54 Å². The van der Waals surface area contributed by atoms with Crippen LogP contribution in [0.3, 0.4) is 0 Å². The molecule has 9 nitrogen and oxygen atoms in total. The lowest BCUT2D eigenvalue weighted by atomic mass is 9.68. The average molecular weight is 594 g/mol. The van der Waals surface area contributed by atoms with Crippen LogP contribution in [0, 0.1) is 16.7 Å². The zero-order valence-electron chi connectivity index (χ0n) is 24.9. The van der Waals surface area contributed by atoms with Gasteiger partial charge in [0.25, 0.3) is 5.91 Å². The van der Waals surface area contributed by atoms with Crippen molar-refractivity contribution in [1.29, 1.82) is 0 Å². The number of benzene rings is 1. The van der Waals surface area contributed by atoms with Gasteiger partial charge in [-0.15, -0.1) is 0 Å². The fraction of sp³-hybridized carbons (Fsp3) is 0.656. The van der Waals surface area contributed by atoms with E-state index in [4.69, 9.17) is 0 Å². The Kier molecular flexibility index (Phi) is 6.62. The van der Waals surface area contributed by atoms with Crippen LogP contribution >= 0.6 is 0 Å². The van der Waals surface area contributed by atoms with E-state index in [0.29, 0.717) is 32.0 Å². The molecule has 0 radical (unpaired) electrons. The van der Waals surface area contributed by atoms with Crippen molar-refractivity contribution in [3.63, 3.8) is 0 Å². The number of hydrogen-bond donors (Lipinski definition) is 0. The normalized spacial score (nSPS) is 30.1. The molecule has 7 rings (SSSR count). The van der Waals surface area contributed by atoms with Crippen molar-refractivity contribution in [3.05, 3.63) is 54.1 Å². The summed E-state index contributed by atoms with van der Waals surface area (Å²) in [5.41, 5.74) is 2.00. The minimum atomic E-state index is -3.59. The molecule has 1 aromatic heterocycles. The quantitative estimate of drug-likeness (QED) is 0.431. The lowest BCUT2D eigenvalue weighted by Gasteiger charge is -2.46. The van der Waals surface area contributed by atoms with E-state index >= 15 is 0 Å². The van der Waals surface area contributed by atoms with E-state index in [1.54, 1.807) is 21.7 Å². The monoisotopic (exact) mass is 593 g/mol. The number of carbonyl (C=O) groups is 2. The van der Waals surface area contributed by atoms with E-state index in [2.05, 4.69) is 43.1 Å². The van der Waals surface area contributed by atoms with Crippen LogP contribution in [0.2, 0.25) is 0 Å². The van der Waals surface area contributed by atoms with Gasteiger partial charge in [-0.3, -0.25) is 9.69 Å². The zero-order chi connectivity index (χ0) is 29.3. The summed E-state index contributed by atoms with van der Waals surface area (Å²) in [6, 6.07) is 8.03. The summed E-state index contributed by atoms with van der Waals surface area (Å²) in [5, 5.41) is 0. The van der Waals surface area contributed by atoms with Crippen LogP contribution in [-0.2, 0) is 33.2 Å². The maximum absolute atomic E-state index is 14.2. The van der Waals surface area contributed by atoms with Crippen molar-refractivity contribution < 1.29 is 18.0 Å². The number of carbonyl (C=O) groups excluding carboxylic acids is 2. The van der Waals surface area contributed by atoms with Crippen LogP contribution < -0.4 is 0 Å². The van der Waals surface area contributed by atoms with E-state index in [9.17, 15) is 18.0 Å². The molecule has 226 valence electrons. The lowest BCUT2D eigenvalue weighted by molar-refractivity contribution is -0.129. The van der Waals surface area contributed by atoms with E-state index in [-0.39, 0.29) is 41.1 Å². The number of aryl methyl sites for hydroxylation is 2. The number of nitrogens with zero attached hydrogens (tertiary/aromatic N) is 5. The SMILES string of the molecule is CC1(C)[C@@H]2CC[C@@]1(CS(=O)(=O)N1CCC3(CCc4ccccc43)CC1)[C@@H](N1C(=O)CN(CCCn3ccnc3)C1=O)C2. The van der Waals surface area contributed by atoms with Gasteiger partial charge in [0.05, 0.1) is 12.1 Å². The van der Waals surface area contributed by atoms with Crippen molar-refractivity contribution in [2.45, 2.75) is 83.2 Å². The van der Waals surface area contributed by atoms with E-state index < -0.39 is 15.4 Å². The van der Waals surface area contributed by atoms with E-state index in [1.165, 1.54) is 16.0 Å². The van der Waals surface area contributed by atoms with Gasteiger partial charge < -0.3 is 9.47 Å². The largest absolute Gasteiger partial charge is 0.337 e. The highest BCUT2D eigenvalue weighted by Crippen LogP contribution is 2.67. The first-order valence-corrected chi connectivity index (χ1v) is 17.3. The van der Waals surface area contributed by atoms with E-state index in [1.807, 2.05) is 10.8 Å². The summed E-state index contributed by atoms with van der Waals surface area (Å²) < 4.78 is 32.1. The van der Waals surface area contributed by atoms with Crippen molar-refractivity contribution in [3.8, 4) is 0 Å². The van der Waals surface area contributed by atoms with Crippen LogP contribution in [0.25, 0.3) is 0 Å². The summed E-state index contributed by atoms with van der Waals surface area (Å²) in [7, 11) is -3.59. The predicted molar refractivity (Wildman–Crippen MR) is 159 cm³/mol. The molecular formula is C32H43N5O4S. The molecule has 3 atom stereocenters. The second-order valence-corrected chi connectivity index (χ2v) is 16.0. The van der Waals surface area contributed by atoms with Crippen molar-refractivity contribution >= 4 is 22.0 Å². The molecule has 4 fully saturated rings. The van der Waals surface area contributed by atoms with Crippen molar-refractivity contribution in [1.82, 2.24) is 23.7 Å². The molecule has 1 spiro atoms. The molecule has 0 unspecified atom stereocenters. The molecule has 3 aliphatic carbocycles. The first kappa shape index (κ1) is 28.1. The Hall–Kier alpha value is -2.72. The maximum Gasteiger partial charge on any atom is 0.327 e. The molecule has 2 aliphatic heterocycles. The maximum atomic E-state index is 14.2. The number of hydrogen-bond acceptors (Lipinski definition) is 5. The number of aromatic nitrogens is 2. The smallest absolute Gasteiger partial charge is 0.327 e. The summed E-state index contributed by atoms with van der Waals surface area (Å²) >= 11 is 0. The van der Waals surface area contributed by atoms with Gasteiger partial charge in [-0.1, -0.05) is 38.1 Å². The molecule has 42 heavy (non-hydrogen) atoms. The number of fused-ring (bicyclic) bond motifs is 4. The number of piperidine rings is 1. The van der Waals surface area contributed by atoms with Gasteiger partial charge in [0, 0.05) is 50.0 Å². The average Bonchev–Trinajstić information content (AvgIpc) is 3.75. The summed E-state index contributed by atoms with van der Waals surface area (Å²) in [5.74, 6) is 0.121. The highest BCUT2D eigenvalue weighted by Gasteiger charge is 2.68. The van der Waals surface area contributed by atoms with Crippen molar-refractivity contribution in [2.75, 3.05) is 31.9 Å². The van der Waals surface area contributed by atoms with Gasteiger partial charge in [-0.05, 0) is 79.2 Å². The van der Waals surface area contributed by atoms with Crippen molar-refractivity contribution in [2.24, 2.45) is 16.7 Å². The Bertz CT molecular complexity index is 1480. The number of imide groups is 1. The van der Waals surface area contributed by atoms with Gasteiger partial charge in [0.15, 0.2) is 0 Å². The number of imidazole rings is 1. The molecule has 5 aliphatic rings. The van der Waals surface area contributed by atoms with Gasteiger partial charge in [0.2, 0.25) is 10.0 Å². The first-order valence-electron chi connectivity index (χ1n) is 15.7. The molecule has 2 saturated heterocycles. The second-order valence-electron chi connectivity index (χ2n) is 14.1. The second kappa shape index (κ2) is 9.91. The minimum absolute atomic E-state index is 0.00937. The molecular weight excluding hydrogens is 550 g/mol. The standard InChI is InChI=1S/C32H43N5O4S/c1-30(2)25-9-11-32(30,27(20-25)37-28(38)21-35(29(37)39)16-5-15-34-19-14-33-23-34)22-42(40,41)36-17-12-31(13-18-36)10-8-24-6-3-4-7-26(24)31/h3-4,6-7,14,19,23,25,27H,5,8-13,15-18,20-22H2,1-2H3/t25-,27+,32-/m1/s1. The van der Waals surface area contributed by atoms with Gasteiger partial charge in [-0.25, -0.2) is 22.5 Å². The Morgan fingerprint density at radius 3 is 2.55 bits per heavy atom. The predicted octanol–water partition coefficient (Wildman–Crippen LogP) is 4.04. The number of amides is 3. The third-order valence-corrected chi connectivity index (χ3v) is 14.2. The van der Waals surface area contributed by atoms with Gasteiger partial charge >= 0.3 is 6.03 Å². The molecule has 1 aromatic carbocycles. The lowest BCUT2D eigenvalue weighted by Crippen LogP contribution is -2.56. The number of sulfonamides is 1. The molecule has 10 heteroatoms. The van der Waals surface area contributed by atoms with Crippen LogP contribution in [0.4, 0.5) is 4.79 Å². The molecule has 2 bridgehead atoms. The van der Waals surface area contributed by atoms with E-state index in [0.717, 1.165) is 51.5 Å². The summed E-state index contributed by atoms with van der Waals surface area (Å²) in [6.07, 6.45) is 12.3. The zero-order valence-corrected chi connectivity index (χ0v) is 25.7. The fourth-order valence-electron chi connectivity index (χ4n) is 9.54. The molecule has 3 amide bonds. The molecule has 2 aromatic rings. The van der Waals surface area contributed by atoms with Crippen LogP contribution in [0.1, 0.15) is 69.9 Å². The Morgan fingerprint density at radius 1 is 1.02 bits per heavy atom. The molecule has 2 saturated carbocycles. The Balaban J connectivity index is 1.08. The summed E-state index contributed by atoms with van der Waals surface area (Å²) in [4.78, 5) is 34.3. The third-order valence-electron chi connectivity index (χ3n) is 12.1. The Labute approximate surface area is 249 Å². The number of urea groups is 1. The van der Waals surface area contributed by atoms with Crippen LogP contribution in [0.15, 0.2) is 43.0 Å². The topological polar surface area (TPSA) is 95.8 Å². The minimum Gasteiger partial charge on any atom is -0.337 e. The summed E-state index contributed by atoms with van der Waals surface area (Å²) in [6.45, 7) is 6.71. The molecule has 0 N–H and O–H groups in total. The fourth-order valence-corrected chi connectivity index (χ4v) is 11.8. The highest BCUT2D eigenvalue weighted by molar-refractivity contribution is 7.89. The molecule has 3 heterocycles. The van der Waals surface area contributed by atoms with Crippen LogP contribution in [0.5, 0.6) is 0 Å². The Morgan fingerprint density at radius 2 is 1.81 bits per heavy atom. The van der Waals surface area contributed by atoms with Gasteiger partial charge in [-0.2, -0.15) is 0 Å². The first-order chi connectivity index (χ1) is 20.1. The third kappa shape index (κ3) is 4.19.